The average Bonchev–Trinajstić information content (AvgIpc) is 3.19. The summed E-state index contributed by atoms with van der Waals surface area (Å²) in [6, 6.07) is 29.7. The first-order valence-corrected chi connectivity index (χ1v) is 15.5. The van der Waals surface area contributed by atoms with Gasteiger partial charge in [0.2, 0.25) is 5.91 Å². The number of fused-ring (bicyclic) bond motifs is 1. The molecule has 7 nitrogen and oxygen atoms in total. The van der Waals surface area contributed by atoms with Crippen molar-refractivity contribution in [2.45, 2.75) is 50.8 Å². The molecule has 8 heteroatoms. The maximum Gasteiger partial charge on any atom is 0.308 e. The number of hydrogen-bond acceptors (Lipinski definition) is 5. The second kappa shape index (κ2) is 15.0. The summed E-state index contributed by atoms with van der Waals surface area (Å²) in [7, 11) is 0. The fourth-order valence-corrected chi connectivity index (χ4v) is 5.85. The third-order valence-corrected chi connectivity index (χ3v) is 8.42. The summed E-state index contributed by atoms with van der Waals surface area (Å²) in [5.74, 6) is -0.608. The van der Waals surface area contributed by atoms with Gasteiger partial charge in [0.1, 0.15) is 6.61 Å². The quantitative estimate of drug-likeness (QED) is 0.200. The first kappa shape index (κ1) is 31.2. The molecular weight excluding hydrogens is 574 g/mol. The summed E-state index contributed by atoms with van der Waals surface area (Å²) < 4.78 is 5.53. The van der Waals surface area contributed by atoms with E-state index in [1.165, 1.54) is 5.56 Å². The molecule has 1 fully saturated rings. The smallest absolute Gasteiger partial charge is 0.308 e. The van der Waals surface area contributed by atoms with E-state index in [-0.39, 0.29) is 36.8 Å². The molecule has 0 aromatic heterocycles. The van der Waals surface area contributed by atoms with Gasteiger partial charge in [-0.15, -0.1) is 0 Å². The predicted molar refractivity (Wildman–Crippen MR) is 174 cm³/mol. The lowest BCUT2D eigenvalue weighted by atomic mass is 9.95. The van der Waals surface area contributed by atoms with Crippen LogP contribution in [0.3, 0.4) is 0 Å². The highest BCUT2D eigenvalue weighted by Gasteiger charge is 2.34. The predicted octanol–water partition coefficient (Wildman–Crippen LogP) is 6.11. The molecule has 44 heavy (non-hydrogen) atoms. The molecule has 3 unspecified atom stereocenters. The van der Waals surface area contributed by atoms with E-state index in [1.807, 2.05) is 77.7 Å². The zero-order valence-electron chi connectivity index (χ0n) is 24.9. The van der Waals surface area contributed by atoms with Gasteiger partial charge in [-0.1, -0.05) is 91.3 Å². The van der Waals surface area contributed by atoms with Crippen LogP contribution in [0, 0.1) is 0 Å². The van der Waals surface area contributed by atoms with Crippen molar-refractivity contribution in [2.75, 3.05) is 19.6 Å². The highest BCUT2D eigenvalue weighted by Crippen LogP contribution is 2.23. The van der Waals surface area contributed by atoms with Crippen LogP contribution in [0.25, 0.3) is 10.8 Å². The number of rotatable bonds is 11. The number of carbonyl (C=O) groups excluding carboxylic acids is 3. The van der Waals surface area contributed by atoms with Gasteiger partial charge in [-0.3, -0.25) is 14.4 Å². The third-order valence-electron chi connectivity index (χ3n) is 8.19. The van der Waals surface area contributed by atoms with Crippen LogP contribution >= 0.6 is 11.6 Å². The summed E-state index contributed by atoms with van der Waals surface area (Å²) in [6.07, 6.45) is 1.41. The number of benzene rings is 4. The summed E-state index contributed by atoms with van der Waals surface area (Å²) in [5, 5.41) is 8.93. The van der Waals surface area contributed by atoms with Gasteiger partial charge in [0.05, 0.1) is 12.5 Å². The molecule has 0 spiro atoms. The first-order chi connectivity index (χ1) is 21.4. The molecule has 4 aromatic carbocycles. The molecule has 1 aliphatic rings. The Balaban J connectivity index is 1.27. The standard InChI is InChI=1S/C36H38ClN3O4/c1-2-26(27-11-7-4-8-12-27)23-40-18-17-32(22-38-35(42)30-14-13-29-20-31(37)16-15-28(29)19-30)39-33(36(40)43)21-34(41)44-24-25-9-5-3-6-10-25/h3-16,19-20,26,32-33,39H,2,17-18,21-24H2,1H3,(H,38,42). The average molecular weight is 612 g/mol. The number of nitrogens with one attached hydrogen (secondary N) is 2. The van der Waals surface area contributed by atoms with Crippen LogP contribution in [-0.2, 0) is 20.9 Å². The maximum absolute atomic E-state index is 13.9. The van der Waals surface area contributed by atoms with E-state index >= 15 is 0 Å². The van der Waals surface area contributed by atoms with Crippen LogP contribution in [0.2, 0.25) is 5.02 Å². The number of amides is 2. The minimum absolute atomic E-state index is 0.0953. The van der Waals surface area contributed by atoms with Crippen molar-refractivity contribution in [1.82, 2.24) is 15.5 Å². The third kappa shape index (κ3) is 8.24. The SMILES string of the molecule is CCC(CN1CCC(CNC(=O)c2ccc3cc(Cl)ccc3c2)NC(CC(=O)OCc2ccccc2)C1=O)c1ccccc1. The summed E-state index contributed by atoms with van der Waals surface area (Å²) in [6.45, 7) is 3.65. The van der Waals surface area contributed by atoms with Crippen molar-refractivity contribution in [3.05, 3.63) is 119 Å². The Kier molecular flexibility index (Phi) is 10.6. The zero-order chi connectivity index (χ0) is 30.9. The number of nitrogens with zero attached hydrogens (tertiary/aromatic N) is 1. The number of halogens is 1. The molecule has 2 amide bonds. The second-order valence-electron chi connectivity index (χ2n) is 11.3. The Morgan fingerprint density at radius 2 is 1.68 bits per heavy atom. The van der Waals surface area contributed by atoms with Crippen LogP contribution in [0.1, 0.15) is 53.6 Å². The van der Waals surface area contributed by atoms with E-state index in [0.717, 1.165) is 22.8 Å². The molecule has 2 N–H and O–H groups in total. The van der Waals surface area contributed by atoms with Crippen molar-refractivity contribution < 1.29 is 19.1 Å². The van der Waals surface area contributed by atoms with Crippen LogP contribution in [-0.4, -0.2) is 54.4 Å². The Bertz CT molecular complexity index is 1580. The first-order valence-electron chi connectivity index (χ1n) is 15.2. The number of ether oxygens (including phenoxy) is 1. The molecular formula is C36H38ClN3O4. The molecule has 0 aliphatic carbocycles. The lowest BCUT2D eigenvalue weighted by Crippen LogP contribution is -2.50. The summed E-state index contributed by atoms with van der Waals surface area (Å²) in [5.41, 5.74) is 2.61. The van der Waals surface area contributed by atoms with Gasteiger partial charge in [0.15, 0.2) is 0 Å². The van der Waals surface area contributed by atoms with E-state index in [4.69, 9.17) is 16.3 Å². The van der Waals surface area contributed by atoms with Crippen LogP contribution in [0.15, 0.2) is 97.1 Å². The molecule has 0 bridgehead atoms. The van der Waals surface area contributed by atoms with Crippen molar-refractivity contribution in [2.24, 2.45) is 0 Å². The van der Waals surface area contributed by atoms with Crippen molar-refractivity contribution in [3.8, 4) is 0 Å². The molecule has 1 heterocycles. The van der Waals surface area contributed by atoms with Gasteiger partial charge >= 0.3 is 5.97 Å². The van der Waals surface area contributed by atoms with E-state index in [0.29, 0.717) is 36.6 Å². The zero-order valence-corrected chi connectivity index (χ0v) is 25.6. The van der Waals surface area contributed by atoms with Crippen molar-refractivity contribution in [3.63, 3.8) is 0 Å². The Hall–Kier alpha value is -4.20. The molecule has 228 valence electrons. The normalized spacial score (nSPS) is 17.6. The molecule has 0 radical (unpaired) electrons. The monoisotopic (exact) mass is 611 g/mol. The van der Waals surface area contributed by atoms with Crippen molar-refractivity contribution in [1.29, 1.82) is 0 Å². The number of carbonyl (C=O) groups is 3. The van der Waals surface area contributed by atoms with E-state index < -0.39 is 12.0 Å². The van der Waals surface area contributed by atoms with Gasteiger partial charge in [-0.25, -0.2) is 0 Å². The lowest BCUT2D eigenvalue weighted by Gasteiger charge is -2.28. The van der Waals surface area contributed by atoms with Crippen LogP contribution in [0.4, 0.5) is 0 Å². The largest absolute Gasteiger partial charge is 0.461 e. The Morgan fingerprint density at radius 1 is 0.977 bits per heavy atom. The molecule has 1 aliphatic heterocycles. The highest BCUT2D eigenvalue weighted by atomic mass is 35.5. The van der Waals surface area contributed by atoms with Gasteiger partial charge in [0, 0.05) is 42.2 Å². The molecule has 5 rings (SSSR count). The lowest BCUT2D eigenvalue weighted by molar-refractivity contribution is -0.148. The number of hydrogen-bond donors (Lipinski definition) is 2. The van der Waals surface area contributed by atoms with Gasteiger partial charge in [-0.2, -0.15) is 0 Å². The summed E-state index contributed by atoms with van der Waals surface area (Å²) >= 11 is 6.10. The van der Waals surface area contributed by atoms with Crippen LogP contribution < -0.4 is 10.6 Å². The maximum atomic E-state index is 13.9. The van der Waals surface area contributed by atoms with E-state index in [2.05, 4.69) is 29.7 Å². The molecule has 4 aromatic rings. The molecule has 3 atom stereocenters. The Labute approximate surface area is 263 Å². The summed E-state index contributed by atoms with van der Waals surface area (Å²) in [4.78, 5) is 41.8. The van der Waals surface area contributed by atoms with E-state index in [9.17, 15) is 14.4 Å². The fourth-order valence-electron chi connectivity index (χ4n) is 5.67. The van der Waals surface area contributed by atoms with E-state index in [1.54, 1.807) is 12.1 Å². The van der Waals surface area contributed by atoms with Gasteiger partial charge in [-0.05, 0) is 59.0 Å². The van der Waals surface area contributed by atoms with Crippen LogP contribution in [0.5, 0.6) is 0 Å². The number of esters is 1. The van der Waals surface area contributed by atoms with Crippen molar-refractivity contribution >= 4 is 40.2 Å². The highest BCUT2D eigenvalue weighted by molar-refractivity contribution is 6.31. The minimum atomic E-state index is -0.763. The molecule has 1 saturated heterocycles. The topological polar surface area (TPSA) is 87.7 Å². The van der Waals surface area contributed by atoms with Gasteiger partial charge < -0.3 is 20.3 Å². The Morgan fingerprint density at radius 3 is 2.43 bits per heavy atom. The molecule has 0 saturated carbocycles. The second-order valence-corrected chi connectivity index (χ2v) is 11.7. The van der Waals surface area contributed by atoms with Gasteiger partial charge in [0.25, 0.3) is 5.91 Å². The fraction of sp³-hybridized carbons (Fsp3) is 0.306. The minimum Gasteiger partial charge on any atom is -0.461 e.